The molecule has 1 aliphatic carbocycles. The van der Waals surface area contributed by atoms with Crippen LogP contribution in [0.5, 0.6) is 0 Å². The van der Waals surface area contributed by atoms with Crippen LogP contribution in [0.1, 0.15) is 53.4 Å². The third kappa shape index (κ3) is 5.59. The third-order valence-electron chi connectivity index (χ3n) is 4.42. The number of carbonyl (C=O) groups is 2. The Kier molecular flexibility index (Phi) is 9.25. The van der Waals surface area contributed by atoms with Crippen molar-refractivity contribution in [3.8, 4) is 0 Å². The Bertz CT molecular complexity index is 542. The van der Waals surface area contributed by atoms with E-state index in [-0.39, 0.29) is 36.1 Å². The highest BCUT2D eigenvalue weighted by Crippen LogP contribution is 2.38. The summed E-state index contributed by atoms with van der Waals surface area (Å²) in [6.45, 7) is 8.16. The highest BCUT2D eigenvalue weighted by molar-refractivity contribution is 7.99. The summed E-state index contributed by atoms with van der Waals surface area (Å²) in [6.07, 6.45) is 2.36. The van der Waals surface area contributed by atoms with E-state index in [1.165, 1.54) is 0 Å². The fourth-order valence-corrected chi connectivity index (χ4v) is 4.36. The van der Waals surface area contributed by atoms with Crippen LogP contribution in [0.25, 0.3) is 0 Å². The summed E-state index contributed by atoms with van der Waals surface area (Å²) < 4.78 is 5.19. The molecule has 0 heterocycles. The number of aliphatic imine (C=N–C) groups is 1. The molecule has 0 saturated heterocycles. The van der Waals surface area contributed by atoms with Crippen LogP contribution in [-0.2, 0) is 14.3 Å². The van der Waals surface area contributed by atoms with Crippen LogP contribution in [-0.4, -0.2) is 47.2 Å². The molecule has 6 heteroatoms. The first-order valence-electron chi connectivity index (χ1n) is 9.11. The van der Waals surface area contributed by atoms with Crippen molar-refractivity contribution >= 4 is 29.2 Å². The summed E-state index contributed by atoms with van der Waals surface area (Å²) >= 11 is 1.79. The average molecular weight is 370 g/mol. The SMILES string of the molecule is CCCC(=NC)C1=C(O)[C@H](C(=O)OCC)[C@H](C[C@@H](C)SCC)CC1=O. The van der Waals surface area contributed by atoms with Gasteiger partial charge in [-0.1, -0.05) is 27.2 Å². The second-order valence-corrected chi connectivity index (χ2v) is 8.01. The lowest BCUT2D eigenvalue weighted by Crippen LogP contribution is -2.38. The van der Waals surface area contributed by atoms with Crippen LogP contribution in [0.3, 0.4) is 0 Å². The minimum Gasteiger partial charge on any atom is -0.511 e. The number of ketones is 1. The Morgan fingerprint density at radius 1 is 1.40 bits per heavy atom. The fourth-order valence-electron chi connectivity index (χ4n) is 3.41. The van der Waals surface area contributed by atoms with Gasteiger partial charge in [0.25, 0.3) is 0 Å². The van der Waals surface area contributed by atoms with Crippen LogP contribution < -0.4 is 0 Å². The first-order valence-corrected chi connectivity index (χ1v) is 10.2. The van der Waals surface area contributed by atoms with Crippen molar-refractivity contribution in [1.29, 1.82) is 0 Å². The molecule has 1 rings (SSSR count). The maximum atomic E-state index is 12.7. The van der Waals surface area contributed by atoms with E-state index in [4.69, 9.17) is 4.74 Å². The van der Waals surface area contributed by atoms with Crippen LogP contribution in [0.4, 0.5) is 0 Å². The van der Waals surface area contributed by atoms with E-state index in [0.29, 0.717) is 23.8 Å². The zero-order chi connectivity index (χ0) is 19.0. The molecular formula is C19H31NO4S. The topological polar surface area (TPSA) is 76.0 Å². The molecular weight excluding hydrogens is 338 g/mol. The first kappa shape index (κ1) is 21.7. The lowest BCUT2D eigenvalue weighted by atomic mass is 9.74. The number of aliphatic hydroxyl groups is 1. The summed E-state index contributed by atoms with van der Waals surface area (Å²) in [5.74, 6) is -0.753. The van der Waals surface area contributed by atoms with Gasteiger partial charge in [-0.15, -0.1) is 0 Å². The molecule has 0 saturated carbocycles. The summed E-state index contributed by atoms with van der Waals surface area (Å²) in [5.41, 5.74) is 0.809. The second kappa shape index (κ2) is 10.6. The standard InChI is InChI=1S/C19H31NO4S/c1-6-9-14(20-5)17-15(21)11-13(10-12(4)25-8-3)16(18(17)22)19(23)24-7-2/h12-13,16,22H,6-11H2,1-5H3/t12-,13-,16-/m1/s1. The van der Waals surface area contributed by atoms with E-state index in [9.17, 15) is 14.7 Å². The summed E-state index contributed by atoms with van der Waals surface area (Å²) in [7, 11) is 1.62. The van der Waals surface area contributed by atoms with Crippen LogP contribution >= 0.6 is 11.8 Å². The van der Waals surface area contributed by atoms with Crippen molar-refractivity contribution in [1.82, 2.24) is 0 Å². The third-order valence-corrected chi connectivity index (χ3v) is 5.52. The molecule has 0 aromatic carbocycles. The van der Waals surface area contributed by atoms with Crippen molar-refractivity contribution in [3.63, 3.8) is 0 Å². The maximum absolute atomic E-state index is 12.7. The predicted molar refractivity (Wildman–Crippen MR) is 103 cm³/mol. The maximum Gasteiger partial charge on any atom is 0.316 e. The molecule has 0 unspecified atom stereocenters. The molecule has 0 aliphatic heterocycles. The molecule has 142 valence electrons. The number of rotatable bonds is 9. The van der Waals surface area contributed by atoms with E-state index >= 15 is 0 Å². The molecule has 0 spiro atoms. The highest BCUT2D eigenvalue weighted by Gasteiger charge is 2.43. The van der Waals surface area contributed by atoms with Gasteiger partial charge in [0.1, 0.15) is 11.7 Å². The molecule has 0 radical (unpaired) electrons. The summed E-state index contributed by atoms with van der Waals surface area (Å²) in [4.78, 5) is 29.4. The minimum absolute atomic E-state index is 0.120. The predicted octanol–water partition coefficient (Wildman–Crippen LogP) is 3.97. The smallest absolute Gasteiger partial charge is 0.316 e. The normalized spacial score (nSPS) is 22.9. The number of hydrogen-bond acceptors (Lipinski definition) is 6. The van der Waals surface area contributed by atoms with Crippen molar-refractivity contribution in [3.05, 3.63) is 11.3 Å². The molecule has 1 N–H and O–H groups in total. The van der Waals surface area contributed by atoms with Gasteiger partial charge in [0.2, 0.25) is 0 Å². The van der Waals surface area contributed by atoms with Gasteiger partial charge in [0.05, 0.1) is 12.2 Å². The quantitative estimate of drug-likeness (QED) is 0.491. The monoisotopic (exact) mass is 369 g/mol. The molecule has 0 aromatic rings. The molecule has 0 aromatic heterocycles. The molecule has 0 fully saturated rings. The summed E-state index contributed by atoms with van der Waals surface area (Å²) in [5, 5.41) is 11.1. The number of hydrogen-bond donors (Lipinski definition) is 1. The average Bonchev–Trinajstić information content (AvgIpc) is 2.54. The number of thioether (sulfide) groups is 1. The molecule has 1 aliphatic rings. The Balaban J connectivity index is 3.26. The zero-order valence-electron chi connectivity index (χ0n) is 16.0. The minimum atomic E-state index is -0.777. The van der Waals surface area contributed by atoms with Crippen LogP contribution in [0, 0.1) is 11.8 Å². The van der Waals surface area contributed by atoms with Gasteiger partial charge in [-0.05, 0) is 31.4 Å². The van der Waals surface area contributed by atoms with Crippen molar-refractivity contribution < 1.29 is 19.4 Å². The number of aliphatic hydroxyl groups excluding tert-OH is 1. The molecule has 0 amide bonds. The molecule has 3 atom stereocenters. The van der Waals surface area contributed by atoms with Crippen LogP contribution in [0.2, 0.25) is 0 Å². The molecule has 0 bridgehead atoms. The Hall–Kier alpha value is -1.30. The van der Waals surface area contributed by atoms with E-state index in [2.05, 4.69) is 18.8 Å². The van der Waals surface area contributed by atoms with Gasteiger partial charge in [-0.3, -0.25) is 14.6 Å². The Morgan fingerprint density at radius 3 is 2.60 bits per heavy atom. The van der Waals surface area contributed by atoms with Crippen molar-refractivity contribution in [2.75, 3.05) is 19.4 Å². The van der Waals surface area contributed by atoms with Gasteiger partial charge < -0.3 is 9.84 Å². The number of Topliss-reactive ketones (excluding diaryl/α,β-unsaturated/α-hetero) is 1. The highest BCUT2D eigenvalue weighted by atomic mass is 32.2. The van der Waals surface area contributed by atoms with Gasteiger partial charge in [0, 0.05) is 24.4 Å². The van der Waals surface area contributed by atoms with Gasteiger partial charge >= 0.3 is 5.97 Å². The number of nitrogens with zero attached hydrogens (tertiary/aromatic N) is 1. The van der Waals surface area contributed by atoms with E-state index < -0.39 is 11.9 Å². The van der Waals surface area contributed by atoms with Gasteiger partial charge in [0.15, 0.2) is 5.78 Å². The van der Waals surface area contributed by atoms with E-state index in [1.807, 2.05) is 6.92 Å². The first-order chi connectivity index (χ1) is 11.9. The van der Waals surface area contributed by atoms with Gasteiger partial charge in [-0.25, -0.2) is 0 Å². The van der Waals surface area contributed by atoms with Gasteiger partial charge in [-0.2, -0.15) is 11.8 Å². The number of ether oxygens (including phenoxy) is 1. The number of carbonyl (C=O) groups excluding carboxylic acids is 2. The lowest BCUT2D eigenvalue weighted by molar-refractivity contribution is -0.150. The number of esters is 1. The van der Waals surface area contributed by atoms with E-state index in [1.54, 1.807) is 25.7 Å². The molecule has 25 heavy (non-hydrogen) atoms. The molecule has 5 nitrogen and oxygen atoms in total. The second-order valence-electron chi connectivity index (χ2n) is 6.30. The Morgan fingerprint density at radius 2 is 2.08 bits per heavy atom. The summed E-state index contributed by atoms with van der Waals surface area (Å²) in [6, 6.07) is 0. The van der Waals surface area contributed by atoms with Crippen LogP contribution in [0.15, 0.2) is 16.3 Å². The largest absolute Gasteiger partial charge is 0.511 e. The number of allylic oxidation sites excluding steroid dienone is 1. The van der Waals surface area contributed by atoms with Crippen molar-refractivity contribution in [2.24, 2.45) is 16.8 Å². The van der Waals surface area contributed by atoms with E-state index in [0.717, 1.165) is 12.2 Å². The van der Waals surface area contributed by atoms with Crippen molar-refractivity contribution in [2.45, 2.75) is 58.6 Å². The zero-order valence-corrected chi connectivity index (χ0v) is 16.8. The fraction of sp³-hybridized carbons (Fsp3) is 0.737. The Labute approximate surface area is 155 Å². The lowest BCUT2D eigenvalue weighted by Gasteiger charge is -2.32.